The maximum Gasteiger partial charge on any atom is 0.194 e. The molecule has 0 amide bonds. The second-order valence-electron chi connectivity index (χ2n) is 6.61. The quantitative estimate of drug-likeness (QED) is 0.531. The molecule has 9 heteroatoms. The Morgan fingerprint density at radius 1 is 1.17 bits per heavy atom. The van der Waals surface area contributed by atoms with Crippen LogP contribution in [0.5, 0.6) is 23.0 Å². The second kappa shape index (κ2) is 7.11. The lowest BCUT2D eigenvalue weighted by Crippen LogP contribution is -2.15. The zero-order valence-electron chi connectivity index (χ0n) is 15.9. The molecule has 0 unspecified atom stereocenters. The lowest BCUT2D eigenvalue weighted by atomic mass is 10.1. The molecule has 30 heavy (non-hydrogen) atoms. The molecule has 4 aromatic rings. The van der Waals surface area contributed by atoms with Gasteiger partial charge in [0, 0.05) is 29.7 Å². The molecule has 0 aliphatic carbocycles. The van der Waals surface area contributed by atoms with Gasteiger partial charge in [-0.05, 0) is 24.3 Å². The van der Waals surface area contributed by atoms with Crippen molar-refractivity contribution in [2.45, 2.75) is 0 Å². The molecule has 8 nitrogen and oxygen atoms in total. The lowest BCUT2D eigenvalue weighted by Gasteiger charge is -2.19. The summed E-state index contributed by atoms with van der Waals surface area (Å²) in [5, 5.41) is 13.2. The number of hydrogen-bond acceptors (Lipinski definition) is 7. The SMILES string of the molecule is COc1cc(-c2nc3cnccn3c2Nc2ccc3c(c2)OCCO3)cc(F)c1O. The van der Waals surface area contributed by atoms with Gasteiger partial charge in [0.2, 0.25) is 0 Å². The van der Waals surface area contributed by atoms with Crippen molar-refractivity contribution in [3.8, 4) is 34.3 Å². The number of rotatable bonds is 4. The van der Waals surface area contributed by atoms with Crippen molar-refractivity contribution >= 4 is 17.2 Å². The van der Waals surface area contributed by atoms with E-state index in [1.165, 1.54) is 19.2 Å². The van der Waals surface area contributed by atoms with Gasteiger partial charge in [0.1, 0.15) is 24.7 Å². The van der Waals surface area contributed by atoms with Crippen LogP contribution in [0.25, 0.3) is 16.9 Å². The van der Waals surface area contributed by atoms with Crippen molar-refractivity contribution in [3.63, 3.8) is 0 Å². The van der Waals surface area contributed by atoms with Crippen LogP contribution in [0.3, 0.4) is 0 Å². The predicted molar refractivity (Wildman–Crippen MR) is 107 cm³/mol. The fourth-order valence-electron chi connectivity index (χ4n) is 3.35. The second-order valence-corrected chi connectivity index (χ2v) is 6.61. The molecule has 0 bridgehead atoms. The minimum absolute atomic E-state index is 0.0189. The van der Waals surface area contributed by atoms with E-state index in [-0.39, 0.29) is 5.75 Å². The summed E-state index contributed by atoms with van der Waals surface area (Å²) in [6.07, 6.45) is 4.98. The first-order chi connectivity index (χ1) is 14.6. The number of ether oxygens (including phenoxy) is 3. The average molecular weight is 408 g/mol. The lowest BCUT2D eigenvalue weighted by molar-refractivity contribution is 0.171. The van der Waals surface area contributed by atoms with Gasteiger partial charge >= 0.3 is 0 Å². The minimum Gasteiger partial charge on any atom is -0.502 e. The highest BCUT2D eigenvalue weighted by Crippen LogP contribution is 2.39. The van der Waals surface area contributed by atoms with Gasteiger partial charge in [0.15, 0.2) is 34.5 Å². The van der Waals surface area contributed by atoms with E-state index in [1.807, 2.05) is 18.2 Å². The number of fused-ring (bicyclic) bond motifs is 2. The Kier molecular flexibility index (Phi) is 4.27. The van der Waals surface area contributed by atoms with Crippen molar-refractivity contribution in [3.05, 3.63) is 54.7 Å². The maximum absolute atomic E-state index is 14.3. The molecule has 2 N–H and O–H groups in total. The van der Waals surface area contributed by atoms with Gasteiger partial charge in [-0.15, -0.1) is 0 Å². The molecular weight excluding hydrogens is 391 g/mol. The summed E-state index contributed by atoms with van der Waals surface area (Å²) in [6, 6.07) is 8.25. The Bertz CT molecular complexity index is 1260. The molecule has 2 aromatic carbocycles. The number of benzene rings is 2. The summed E-state index contributed by atoms with van der Waals surface area (Å²) in [4.78, 5) is 8.70. The molecule has 0 atom stereocenters. The number of aromatic hydroxyl groups is 1. The number of methoxy groups -OCH3 is 1. The molecule has 152 valence electrons. The summed E-state index contributed by atoms with van der Waals surface area (Å²) in [6.45, 7) is 0.994. The van der Waals surface area contributed by atoms with Gasteiger partial charge < -0.3 is 24.6 Å². The van der Waals surface area contributed by atoms with Gasteiger partial charge in [-0.25, -0.2) is 9.37 Å². The molecule has 3 heterocycles. The number of hydrogen-bond donors (Lipinski definition) is 2. The van der Waals surface area contributed by atoms with Crippen LogP contribution in [0.15, 0.2) is 48.9 Å². The Hall–Kier alpha value is -4.01. The van der Waals surface area contributed by atoms with Crippen LogP contribution in [0, 0.1) is 5.82 Å². The van der Waals surface area contributed by atoms with Crippen molar-refractivity contribution in [2.24, 2.45) is 0 Å². The molecule has 0 radical (unpaired) electrons. The van der Waals surface area contributed by atoms with E-state index in [1.54, 1.807) is 23.0 Å². The van der Waals surface area contributed by atoms with E-state index < -0.39 is 11.6 Å². The highest BCUT2D eigenvalue weighted by molar-refractivity contribution is 5.81. The van der Waals surface area contributed by atoms with Crippen molar-refractivity contribution in [1.29, 1.82) is 0 Å². The van der Waals surface area contributed by atoms with Gasteiger partial charge in [-0.2, -0.15) is 0 Å². The van der Waals surface area contributed by atoms with Gasteiger partial charge in [0.25, 0.3) is 0 Å². The maximum atomic E-state index is 14.3. The largest absolute Gasteiger partial charge is 0.502 e. The molecule has 0 spiro atoms. The van der Waals surface area contributed by atoms with E-state index in [2.05, 4.69) is 15.3 Å². The van der Waals surface area contributed by atoms with Gasteiger partial charge in [-0.3, -0.25) is 9.38 Å². The highest BCUT2D eigenvalue weighted by Gasteiger charge is 2.20. The first kappa shape index (κ1) is 18.0. The van der Waals surface area contributed by atoms with Crippen molar-refractivity contribution < 1.29 is 23.7 Å². The number of phenolic OH excluding ortho intramolecular Hbond substituents is 1. The fourth-order valence-corrected chi connectivity index (χ4v) is 3.35. The monoisotopic (exact) mass is 408 g/mol. The van der Waals surface area contributed by atoms with E-state index in [4.69, 9.17) is 14.2 Å². The van der Waals surface area contributed by atoms with Crippen molar-refractivity contribution in [1.82, 2.24) is 14.4 Å². The summed E-state index contributed by atoms with van der Waals surface area (Å²) < 4.78 is 32.4. The number of nitrogens with zero attached hydrogens (tertiary/aromatic N) is 3. The fraction of sp³-hybridized carbons (Fsp3) is 0.143. The first-order valence-electron chi connectivity index (χ1n) is 9.19. The van der Waals surface area contributed by atoms with Crippen molar-refractivity contribution in [2.75, 3.05) is 25.6 Å². The number of anilines is 2. The standard InChI is InChI=1S/C21H17FN4O4/c1-28-17-9-12(8-14(22)20(17)27)19-21(26-5-4-23-11-18(26)25-19)24-13-2-3-15-16(10-13)30-7-6-29-15/h2-5,8-11,24,27H,6-7H2,1H3. The van der Waals surface area contributed by atoms with Crippen LogP contribution in [0.1, 0.15) is 0 Å². The number of aromatic nitrogens is 3. The molecular formula is C21H17FN4O4. The Morgan fingerprint density at radius 3 is 2.83 bits per heavy atom. The van der Waals surface area contributed by atoms with E-state index in [0.717, 1.165) is 5.69 Å². The summed E-state index contributed by atoms with van der Waals surface area (Å²) in [5.74, 6) is 0.583. The third-order valence-corrected chi connectivity index (χ3v) is 4.76. The highest BCUT2D eigenvalue weighted by atomic mass is 19.1. The number of halogens is 1. The Labute approximate surface area is 170 Å². The third-order valence-electron chi connectivity index (χ3n) is 4.76. The molecule has 0 saturated heterocycles. The minimum atomic E-state index is -0.801. The van der Waals surface area contributed by atoms with E-state index >= 15 is 0 Å². The summed E-state index contributed by atoms with van der Waals surface area (Å²) in [5.41, 5.74) is 2.21. The Morgan fingerprint density at radius 2 is 2.00 bits per heavy atom. The van der Waals surface area contributed by atoms with Crippen LogP contribution in [-0.2, 0) is 0 Å². The van der Waals surface area contributed by atoms with Gasteiger partial charge in [0.05, 0.1) is 13.3 Å². The summed E-state index contributed by atoms with van der Waals surface area (Å²) >= 11 is 0. The molecule has 1 aliphatic rings. The number of nitrogens with one attached hydrogen (secondary N) is 1. The zero-order valence-corrected chi connectivity index (χ0v) is 15.9. The average Bonchev–Trinajstić information content (AvgIpc) is 3.14. The normalized spacial score (nSPS) is 12.7. The third kappa shape index (κ3) is 3.00. The van der Waals surface area contributed by atoms with E-state index in [9.17, 15) is 9.50 Å². The Balaban J connectivity index is 1.64. The first-order valence-corrected chi connectivity index (χ1v) is 9.19. The van der Waals surface area contributed by atoms with Crippen LogP contribution >= 0.6 is 0 Å². The zero-order chi connectivity index (χ0) is 20.7. The molecule has 2 aromatic heterocycles. The van der Waals surface area contributed by atoms with Crippen LogP contribution in [-0.4, -0.2) is 39.8 Å². The molecule has 1 aliphatic heterocycles. The van der Waals surface area contributed by atoms with Crippen LogP contribution in [0.4, 0.5) is 15.9 Å². The summed E-state index contributed by atoms with van der Waals surface area (Å²) in [7, 11) is 1.36. The number of imidazole rings is 1. The smallest absolute Gasteiger partial charge is 0.194 e. The van der Waals surface area contributed by atoms with E-state index in [0.29, 0.717) is 47.4 Å². The van der Waals surface area contributed by atoms with Gasteiger partial charge in [-0.1, -0.05) is 0 Å². The molecule has 0 fully saturated rings. The molecule has 0 saturated carbocycles. The van der Waals surface area contributed by atoms with Crippen LogP contribution in [0.2, 0.25) is 0 Å². The topological polar surface area (TPSA) is 90.1 Å². The van der Waals surface area contributed by atoms with Crippen LogP contribution < -0.4 is 19.5 Å². The number of phenols is 1. The molecule has 5 rings (SSSR count). The predicted octanol–water partition coefficient (Wildman–Crippen LogP) is 3.76.